The van der Waals surface area contributed by atoms with Gasteiger partial charge in [0, 0.05) is 21.8 Å². The van der Waals surface area contributed by atoms with E-state index in [-0.39, 0.29) is 16.8 Å². The number of rotatable bonds is 4. The molecular formula is C13H10BrFN4O2S. The number of aromatic nitrogens is 2. The Kier molecular flexibility index (Phi) is 5.34. The number of carbonyl (C=O) groups is 1. The summed E-state index contributed by atoms with van der Waals surface area (Å²) >= 11 is 7.94. The summed E-state index contributed by atoms with van der Waals surface area (Å²) in [6.07, 6.45) is 1.09. The van der Waals surface area contributed by atoms with Gasteiger partial charge in [0.2, 0.25) is 5.91 Å². The third-order valence-electron chi connectivity index (χ3n) is 2.52. The van der Waals surface area contributed by atoms with E-state index in [1.54, 1.807) is 6.07 Å². The Balaban J connectivity index is 1.99. The first-order valence-corrected chi connectivity index (χ1v) is 7.23. The fourth-order valence-corrected chi connectivity index (χ4v) is 2.17. The summed E-state index contributed by atoms with van der Waals surface area (Å²) in [5.41, 5.74) is 2.44. The van der Waals surface area contributed by atoms with Crippen LogP contribution in [0.3, 0.4) is 0 Å². The van der Waals surface area contributed by atoms with E-state index in [1.807, 2.05) is 0 Å². The molecule has 6 nitrogen and oxygen atoms in total. The summed E-state index contributed by atoms with van der Waals surface area (Å²) in [6.45, 7) is 0. The lowest BCUT2D eigenvalue weighted by atomic mass is 10.2. The molecule has 2 rings (SSSR count). The predicted octanol–water partition coefficient (Wildman–Crippen LogP) is 2.03. The molecule has 114 valence electrons. The molecular weight excluding hydrogens is 375 g/mol. The van der Waals surface area contributed by atoms with Crippen molar-refractivity contribution in [3.8, 4) is 0 Å². The molecule has 0 atom stereocenters. The molecule has 0 aliphatic heterocycles. The van der Waals surface area contributed by atoms with Crippen LogP contribution in [0.4, 0.5) is 4.39 Å². The number of H-pyrrole nitrogens is 2. The molecule has 0 unspecified atom stereocenters. The molecule has 9 heteroatoms. The Bertz CT molecular complexity index is 818. The third-order valence-corrected chi connectivity index (χ3v) is 3.22. The number of carbonyl (C=O) groups excluding carboxylic acids is 1. The van der Waals surface area contributed by atoms with Crippen LogP contribution in [0.5, 0.6) is 0 Å². The van der Waals surface area contributed by atoms with Crippen LogP contribution in [0.2, 0.25) is 0 Å². The van der Waals surface area contributed by atoms with Crippen LogP contribution in [0.1, 0.15) is 11.3 Å². The molecule has 1 heterocycles. The fourth-order valence-electron chi connectivity index (χ4n) is 1.61. The number of nitrogens with one attached hydrogen (secondary N) is 3. The molecule has 1 amide bonds. The first kappa shape index (κ1) is 16.2. The Morgan fingerprint density at radius 3 is 2.86 bits per heavy atom. The maximum Gasteiger partial charge on any atom is 0.251 e. The maximum absolute atomic E-state index is 13.5. The van der Waals surface area contributed by atoms with Crippen LogP contribution in [0.25, 0.3) is 0 Å². The predicted molar refractivity (Wildman–Crippen MR) is 85.8 cm³/mol. The van der Waals surface area contributed by atoms with Crippen molar-refractivity contribution in [3.05, 3.63) is 60.9 Å². The number of aromatic amines is 2. The zero-order valence-corrected chi connectivity index (χ0v) is 13.4. The van der Waals surface area contributed by atoms with Crippen molar-refractivity contribution in [2.24, 2.45) is 5.10 Å². The normalized spacial score (nSPS) is 10.8. The highest BCUT2D eigenvalue weighted by Gasteiger charge is 2.04. The van der Waals surface area contributed by atoms with Crippen LogP contribution >= 0.6 is 28.1 Å². The van der Waals surface area contributed by atoms with Crippen LogP contribution < -0.4 is 11.0 Å². The molecule has 0 saturated heterocycles. The maximum atomic E-state index is 13.5. The number of hydrogen-bond acceptors (Lipinski definition) is 4. The van der Waals surface area contributed by atoms with Crippen molar-refractivity contribution >= 4 is 40.3 Å². The van der Waals surface area contributed by atoms with Gasteiger partial charge in [-0.3, -0.25) is 14.6 Å². The van der Waals surface area contributed by atoms with E-state index in [9.17, 15) is 14.0 Å². The van der Waals surface area contributed by atoms with Gasteiger partial charge in [0.1, 0.15) is 5.82 Å². The van der Waals surface area contributed by atoms with E-state index in [1.165, 1.54) is 24.4 Å². The fraction of sp³-hybridized carbons (Fsp3) is 0.0769. The number of amides is 1. The number of nitrogens with zero attached hydrogens (tertiary/aromatic N) is 1. The summed E-state index contributed by atoms with van der Waals surface area (Å²) in [7, 11) is 0. The van der Waals surface area contributed by atoms with Crippen LogP contribution in [0.15, 0.2) is 38.6 Å². The van der Waals surface area contributed by atoms with Gasteiger partial charge in [0.25, 0.3) is 5.56 Å². The van der Waals surface area contributed by atoms with Crippen molar-refractivity contribution < 1.29 is 9.18 Å². The van der Waals surface area contributed by atoms with E-state index in [4.69, 9.17) is 12.2 Å². The lowest BCUT2D eigenvalue weighted by Crippen LogP contribution is -2.21. The minimum atomic E-state index is -0.468. The molecule has 0 aliphatic carbocycles. The van der Waals surface area contributed by atoms with Gasteiger partial charge in [0.15, 0.2) is 4.77 Å². The van der Waals surface area contributed by atoms with Gasteiger partial charge < -0.3 is 4.98 Å². The summed E-state index contributed by atoms with van der Waals surface area (Å²) in [6, 6.07) is 5.69. The zero-order valence-electron chi connectivity index (χ0n) is 11.0. The second kappa shape index (κ2) is 7.23. The Hall–Kier alpha value is -2.13. The first-order chi connectivity index (χ1) is 10.4. The van der Waals surface area contributed by atoms with Gasteiger partial charge >= 0.3 is 0 Å². The Morgan fingerprint density at radius 1 is 1.41 bits per heavy atom. The van der Waals surface area contributed by atoms with Gasteiger partial charge in [-0.25, -0.2) is 9.82 Å². The van der Waals surface area contributed by atoms with Crippen molar-refractivity contribution in [1.82, 2.24) is 15.4 Å². The highest BCUT2D eigenvalue weighted by molar-refractivity contribution is 9.10. The van der Waals surface area contributed by atoms with Crippen molar-refractivity contribution in [2.75, 3.05) is 0 Å². The highest BCUT2D eigenvalue weighted by atomic mass is 79.9. The largest absolute Gasteiger partial charge is 0.335 e. The number of halogens is 2. The quantitative estimate of drug-likeness (QED) is 0.427. The van der Waals surface area contributed by atoms with E-state index in [2.05, 4.69) is 36.4 Å². The first-order valence-electron chi connectivity index (χ1n) is 6.03. The van der Waals surface area contributed by atoms with E-state index in [0.29, 0.717) is 10.2 Å². The number of hydrazone groups is 1. The second-order valence-electron chi connectivity index (χ2n) is 4.25. The molecule has 0 aliphatic rings. The summed E-state index contributed by atoms with van der Waals surface area (Å²) in [4.78, 5) is 27.9. The van der Waals surface area contributed by atoms with E-state index >= 15 is 0 Å². The molecule has 2 aromatic rings. The molecule has 0 bridgehead atoms. The van der Waals surface area contributed by atoms with Crippen molar-refractivity contribution in [3.63, 3.8) is 0 Å². The van der Waals surface area contributed by atoms with Crippen LogP contribution in [-0.4, -0.2) is 22.1 Å². The van der Waals surface area contributed by atoms with Crippen molar-refractivity contribution in [2.45, 2.75) is 6.42 Å². The van der Waals surface area contributed by atoms with Gasteiger partial charge in [-0.15, -0.1) is 0 Å². The molecule has 22 heavy (non-hydrogen) atoms. The molecule has 3 N–H and O–H groups in total. The van der Waals surface area contributed by atoms with Crippen LogP contribution in [0, 0.1) is 10.6 Å². The molecule has 0 fully saturated rings. The average Bonchev–Trinajstić information content (AvgIpc) is 2.40. The van der Waals surface area contributed by atoms with Gasteiger partial charge in [-0.1, -0.05) is 15.9 Å². The van der Waals surface area contributed by atoms with Crippen molar-refractivity contribution in [1.29, 1.82) is 0 Å². The second-order valence-corrected chi connectivity index (χ2v) is 5.57. The molecule has 0 saturated carbocycles. The summed E-state index contributed by atoms with van der Waals surface area (Å²) in [5, 5.41) is 3.67. The molecule has 1 aromatic heterocycles. The van der Waals surface area contributed by atoms with Crippen LogP contribution in [-0.2, 0) is 11.2 Å². The average molecular weight is 385 g/mol. The summed E-state index contributed by atoms with van der Waals surface area (Å²) < 4.78 is 14.3. The SMILES string of the molecule is O=C(Cc1cc(=O)[nH]c(=S)[nH]1)N/N=C\c1ccc(Br)cc1F. The minimum absolute atomic E-state index is 0.103. The van der Waals surface area contributed by atoms with Gasteiger partial charge in [-0.2, -0.15) is 5.10 Å². The van der Waals surface area contributed by atoms with E-state index < -0.39 is 17.3 Å². The topological polar surface area (TPSA) is 90.1 Å². The standard InChI is InChI=1S/C13H10BrFN4O2S/c14-8-2-1-7(10(15)3-8)6-16-19-12(21)5-9-4-11(20)18-13(22)17-9/h1-4,6H,5H2,(H,19,21)(H2,17,18,20,22)/b16-6-. The lowest BCUT2D eigenvalue weighted by molar-refractivity contribution is -0.120. The molecule has 1 aromatic carbocycles. The Labute approximate surface area is 137 Å². The van der Waals surface area contributed by atoms with E-state index in [0.717, 1.165) is 0 Å². The Morgan fingerprint density at radius 2 is 2.18 bits per heavy atom. The molecule has 0 spiro atoms. The van der Waals surface area contributed by atoms with Gasteiger partial charge in [0.05, 0.1) is 12.6 Å². The zero-order chi connectivity index (χ0) is 16.1. The summed E-state index contributed by atoms with van der Waals surface area (Å²) in [5.74, 6) is -0.934. The highest BCUT2D eigenvalue weighted by Crippen LogP contribution is 2.13. The number of hydrogen-bond donors (Lipinski definition) is 3. The number of benzene rings is 1. The smallest absolute Gasteiger partial charge is 0.251 e. The molecule has 0 radical (unpaired) electrons. The third kappa shape index (κ3) is 4.71. The lowest BCUT2D eigenvalue weighted by Gasteiger charge is -2.01. The van der Waals surface area contributed by atoms with Gasteiger partial charge in [-0.05, 0) is 30.4 Å². The monoisotopic (exact) mass is 384 g/mol. The minimum Gasteiger partial charge on any atom is -0.335 e.